The van der Waals surface area contributed by atoms with Crippen LogP contribution in [0, 0.1) is 0 Å². The zero-order valence-corrected chi connectivity index (χ0v) is 23.6. The lowest BCUT2D eigenvalue weighted by molar-refractivity contribution is -0.133. The molecule has 0 aliphatic carbocycles. The smallest absolute Gasteiger partial charge is 0.329 e. The zero-order valence-electron chi connectivity index (χ0n) is 23.6. The molecule has 5 amide bonds. The normalized spacial score (nSPS) is 21.0. The van der Waals surface area contributed by atoms with Crippen molar-refractivity contribution in [2.24, 2.45) is 4.99 Å². The van der Waals surface area contributed by atoms with E-state index in [0.29, 0.717) is 54.2 Å². The van der Waals surface area contributed by atoms with Gasteiger partial charge >= 0.3 is 18.2 Å². The summed E-state index contributed by atoms with van der Waals surface area (Å²) in [5.41, 5.74) is 2.21. The average Bonchev–Trinajstić information content (AvgIpc) is 3.39. The standard InChI is InChI=1S/C31H30F3N7O3/c32-31(33,34)19-41-25-11-5-4-10-23(25)26(20-7-2-1-3-8-20)37-27(28(41)42)38-29(43)39-15-12-22(13-16-39)40-18-24(36-30(40)44)21-9-6-14-35-17-21/h1-11,14,17,22,24,27H,12-13,15-16,18-19H2,(H,36,44)(H,38,43)/t24?,27-/m0/s1. The van der Waals surface area contributed by atoms with E-state index in [1.807, 2.05) is 12.1 Å². The Balaban J connectivity index is 1.19. The van der Waals surface area contributed by atoms with Crippen LogP contribution in [0.15, 0.2) is 84.1 Å². The molecule has 2 N–H and O–H groups in total. The number of aromatic nitrogens is 1. The van der Waals surface area contributed by atoms with Gasteiger partial charge in [-0.3, -0.25) is 14.7 Å². The minimum absolute atomic E-state index is 0.0588. The minimum atomic E-state index is -4.69. The molecule has 0 radical (unpaired) electrons. The van der Waals surface area contributed by atoms with Crippen molar-refractivity contribution in [1.29, 1.82) is 0 Å². The number of urea groups is 2. The topological polar surface area (TPSA) is 110 Å². The van der Waals surface area contributed by atoms with E-state index in [0.717, 1.165) is 5.56 Å². The number of anilines is 1. The molecular formula is C31H30F3N7O3. The number of alkyl halides is 3. The number of nitrogens with zero attached hydrogens (tertiary/aromatic N) is 5. The molecule has 4 heterocycles. The molecule has 3 aliphatic rings. The molecule has 3 aromatic rings. The number of amides is 5. The molecule has 44 heavy (non-hydrogen) atoms. The lowest BCUT2D eigenvalue weighted by Crippen LogP contribution is -2.55. The first-order chi connectivity index (χ1) is 21.2. The second kappa shape index (κ2) is 12.0. The van der Waals surface area contributed by atoms with E-state index in [1.165, 1.54) is 11.0 Å². The van der Waals surface area contributed by atoms with Gasteiger partial charge < -0.3 is 20.4 Å². The van der Waals surface area contributed by atoms with Crippen LogP contribution in [-0.2, 0) is 4.79 Å². The summed E-state index contributed by atoms with van der Waals surface area (Å²) in [4.78, 5) is 52.3. The highest BCUT2D eigenvalue weighted by Crippen LogP contribution is 2.31. The Morgan fingerprint density at radius 3 is 2.41 bits per heavy atom. The van der Waals surface area contributed by atoms with Gasteiger partial charge in [-0.25, -0.2) is 14.6 Å². The molecule has 0 bridgehead atoms. The maximum atomic E-state index is 13.7. The zero-order chi connectivity index (χ0) is 30.8. The summed E-state index contributed by atoms with van der Waals surface area (Å²) < 4.78 is 41.1. The SMILES string of the molecule is O=C(N[C@@H]1N=C(c2ccccc2)c2ccccc2N(CC(F)(F)F)C1=O)N1CCC(N2CC(c3cccnc3)NC2=O)CC1. The van der Waals surface area contributed by atoms with Crippen LogP contribution >= 0.6 is 0 Å². The fourth-order valence-corrected chi connectivity index (χ4v) is 5.92. The summed E-state index contributed by atoms with van der Waals surface area (Å²) in [6, 6.07) is 17.7. The largest absolute Gasteiger partial charge is 0.406 e. The van der Waals surface area contributed by atoms with Gasteiger partial charge in [0, 0.05) is 49.2 Å². The summed E-state index contributed by atoms with van der Waals surface area (Å²) in [5.74, 6) is -0.987. The van der Waals surface area contributed by atoms with Gasteiger partial charge in [0.2, 0.25) is 6.17 Å². The third-order valence-corrected chi connectivity index (χ3v) is 8.07. The third-order valence-electron chi connectivity index (χ3n) is 8.07. The lowest BCUT2D eigenvalue weighted by atomic mass is 10.0. The van der Waals surface area contributed by atoms with E-state index < -0.39 is 30.8 Å². The Morgan fingerprint density at radius 1 is 0.977 bits per heavy atom. The van der Waals surface area contributed by atoms with Crippen LogP contribution in [0.3, 0.4) is 0 Å². The number of piperidine rings is 1. The number of likely N-dealkylation sites (tertiary alicyclic amines) is 1. The number of para-hydroxylation sites is 1. The third kappa shape index (κ3) is 6.08. The van der Waals surface area contributed by atoms with Crippen LogP contribution in [0.4, 0.5) is 28.4 Å². The van der Waals surface area contributed by atoms with Gasteiger partial charge in [-0.2, -0.15) is 13.2 Å². The molecule has 6 rings (SSSR count). The molecule has 13 heteroatoms. The maximum absolute atomic E-state index is 13.7. The summed E-state index contributed by atoms with van der Waals surface area (Å²) in [6.07, 6.45) is -1.88. The van der Waals surface area contributed by atoms with Crippen molar-refractivity contribution in [3.63, 3.8) is 0 Å². The van der Waals surface area contributed by atoms with Gasteiger partial charge in [0.05, 0.1) is 17.4 Å². The van der Waals surface area contributed by atoms with E-state index in [1.54, 1.807) is 65.8 Å². The number of rotatable bonds is 5. The highest BCUT2D eigenvalue weighted by molar-refractivity contribution is 6.20. The molecule has 3 aliphatic heterocycles. The van der Waals surface area contributed by atoms with Crippen molar-refractivity contribution in [2.75, 3.05) is 31.1 Å². The Kier molecular flexibility index (Phi) is 7.93. The fraction of sp³-hybridized carbons (Fsp3) is 0.323. The van der Waals surface area contributed by atoms with Gasteiger partial charge in [0.15, 0.2) is 0 Å². The first-order valence-corrected chi connectivity index (χ1v) is 14.3. The van der Waals surface area contributed by atoms with Crippen molar-refractivity contribution < 1.29 is 27.6 Å². The predicted molar refractivity (Wildman–Crippen MR) is 156 cm³/mol. The lowest BCUT2D eigenvalue weighted by Gasteiger charge is -2.36. The quantitative estimate of drug-likeness (QED) is 0.457. The number of carbonyl (C=O) groups excluding carboxylic acids is 3. The van der Waals surface area contributed by atoms with Crippen LogP contribution in [0.5, 0.6) is 0 Å². The Labute approximate surface area is 251 Å². The van der Waals surface area contributed by atoms with Gasteiger partial charge in [-0.05, 0) is 30.5 Å². The monoisotopic (exact) mass is 605 g/mol. The van der Waals surface area contributed by atoms with E-state index in [2.05, 4.69) is 20.6 Å². The van der Waals surface area contributed by atoms with Crippen molar-refractivity contribution in [3.8, 4) is 0 Å². The Morgan fingerprint density at radius 2 is 1.70 bits per heavy atom. The number of pyridine rings is 1. The highest BCUT2D eigenvalue weighted by atomic mass is 19.4. The summed E-state index contributed by atoms with van der Waals surface area (Å²) >= 11 is 0. The van der Waals surface area contributed by atoms with Gasteiger partial charge in [-0.15, -0.1) is 0 Å². The molecule has 1 unspecified atom stereocenters. The van der Waals surface area contributed by atoms with Crippen molar-refractivity contribution >= 4 is 29.4 Å². The van der Waals surface area contributed by atoms with E-state index in [4.69, 9.17) is 0 Å². The molecule has 2 fully saturated rings. The number of hydrogen-bond acceptors (Lipinski definition) is 5. The van der Waals surface area contributed by atoms with Crippen molar-refractivity contribution in [2.45, 2.75) is 37.3 Å². The van der Waals surface area contributed by atoms with E-state index >= 15 is 0 Å². The number of halogens is 3. The van der Waals surface area contributed by atoms with E-state index in [-0.39, 0.29) is 23.8 Å². The molecule has 0 saturated carbocycles. The number of nitrogens with one attached hydrogen (secondary N) is 2. The van der Waals surface area contributed by atoms with Crippen LogP contribution in [0.25, 0.3) is 0 Å². The number of benzene rings is 2. The average molecular weight is 606 g/mol. The second-order valence-electron chi connectivity index (χ2n) is 10.9. The second-order valence-corrected chi connectivity index (χ2v) is 10.9. The maximum Gasteiger partial charge on any atom is 0.406 e. The molecule has 10 nitrogen and oxygen atoms in total. The number of fused-ring (bicyclic) bond motifs is 1. The first kappa shape index (κ1) is 29.1. The molecule has 2 aromatic carbocycles. The summed E-state index contributed by atoms with van der Waals surface area (Å²) in [5, 5.41) is 5.57. The molecule has 2 saturated heterocycles. The van der Waals surface area contributed by atoms with Gasteiger partial charge in [0.1, 0.15) is 6.54 Å². The fourth-order valence-electron chi connectivity index (χ4n) is 5.92. The van der Waals surface area contributed by atoms with Gasteiger partial charge in [-0.1, -0.05) is 54.6 Å². The van der Waals surface area contributed by atoms with Crippen molar-refractivity contribution in [1.82, 2.24) is 25.4 Å². The molecule has 2 atom stereocenters. The van der Waals surface area contributed by atoms with E-state index in [9.17, 15) is 27.6 Å². The Hall–Kier alpha value is -4.94. The Bertz CT molecular complexity index is 1560. The minimum Gasteiger partial charge on any atom is -0.329 e. The first-order valence-electron chi connectivity index (χ1n) is 14.3. The van der Waals surface area contributed by atoms with Crippen molar-refractivity contribution in [3.05, 3.63) is 95.8 Å². The molecule has 0 spiro atoms. The predicted octanol–water partition coefficient (Wildman–Crippen LogP) is 4.09. The number of benzodiazepines with no additional fused rings is 1. The summed E-state index contributed by atoms with van der Waals surface area (Å²) in [7, 11) is 0. The highest BCUT2D eigenvalue weighted by Gasteiger charge is 2.41. The summed E-state index contributed by atoms with van der Waals surface area (Å²) in [6.45, 7) is -0.471. The van der Waals surface area contributed by atoms with Crippen LogP contribution in [0.1, 0.15) is 35.6 Å². The molecule has 1 aromatic heterocycles. The van der Waals surface area contributed by atoms with Crippen LogP contribution < -0.4 is 15.5 Å². The van der Waals surface area contributed by atoms with Crippen LogP contribution in [0.2, 0.25) is 0 Å². The van der Waals surface area contributed by atoms with Gasteiger partial charge in [0.25, 0.3) is 5.91 Å². The molecule has 228 valence electrons. The number of hydrogen-bond donors (Lipinski definition) is 2. The molecular weight excluding hydrogens is 575 g/mol. The number of aliphatic imine (C=N–C) groups is 1. The van der Waals surface area contributed by atoms with Crippen LogP contribution in [-0.4, -0.2) is 83.0 Å². The number of carbonyl (C=O) groups is 3.